The normalized spacial score (nSPS) is 11.3. The molecule has 0 aliphatic heterocycles. The van der Waals surface area contributed by atoms with Gasteiger partial charge in [0.1, 0.15) is 12.2 Å². The Morgan fingerprint density at radius 3 is 2.79 bits per heavy atom. The van der Waals surface area contributed by atoms with E-state index in [1.807, 2.05) is 0 Å². The maximum atomic E-state index is 12.1. The molecule has 0 atom stereocenters. The zero-order valence-electron chi connectivity index (χ0n) is 9.55. The number of anilines is 1. The molecular weight excluding hydrogens is 261 g/mol. The maximum absolute atomic E-state index is 12.1. The van der Waals surface area contributed by atoms with Gasteiger partial charge in [-0.15, -0.1) is 0 Å². The molecule has 1 amide bonds. The summed E-state index contributed by atoms with van der Waals surface area (Å²) >= 11 is 0. The highest BCUT2D eigenvalue weighted by Crippen LogP contribution is 2.18. The number of carbonyl (C=O) groups excluding carboxylic acids is 1. The van der Waals surface area contributed by atoms with Crippen LogP contribution in [0.5, 0.6) is 0 Å². The van der Waals surface area contributed by atoms with Crippen molar-refractivity contribution in [3.63, 3.8) is 0 Å². The Bertz CT molecular complexity index is 565. The molecule has 100 valence electrons. The maximum Gasteiger partial charge on any atom is 0.408 e. The predicted octanol–water partition coefficient (Wildman–Crippen LogP) is 2.09. The number of nitrogens with zero attached hydrogens (tertiary/aromatic N) is 3. The Morgan fingerprint density at radius 1 is 1.37 bits per heavy atom. The molecular formula is C11H9F3N4O. The SMILES string of the molecule is O=C(Nc1cnn(CC(F)(F)F)c1)c1ccccn1. The lowest BCUT2D eigenvalue weighted by Gasteiger charge is -2.05. The van der Waals surface area contributed by atoms with Gasteiger partial charge in [-0.1, -0.05) is 6.07 Å². The number of nitrogens with one attached hydrogen (secondary N) is 1. The van der Waals surface area contributed by atoms with Crippen LogP contribution in [0.4, 0.5) is 18.9 Å². The van der Waals surface area contributed by atoms with Crippen molar-refractivity contribution in [3.8, 4) is 0 Å². The molecule has 0 saturated heterocycles. The van der Waals surface area contributed by atoms with Gasteiger partial charge in [-0.2, -0.15) is 18.3 Å². The number of alkyl halides is 3. The third kappa shape index (κ3) is 3.80. The summed E-state index contributed by atoms with van der Waals surface area (Å²) in [5.41, 5.74) is 0.353. The first-order chi connectivity index (χ1) is 8.94. The molecule has 0 unspecified atom stereocenters. The van der Waals surface area contributed by atoms with Crippen LogP contribution in [-0.4, -0.2) is 26.8 Å². The molecule has 19 heavy (non-hydrogen) atoms. The summed E-state index contributed by atoms with van der Waals surface area (Å²) in [6.07, 6.45) is -0.656. The highest BCUT2D eigenvalue weighted by atomic mass is 19.4. The molecule has 2 aromatic rings. The fraction of sp³-hybridized carbons (Fsp3) is 0.182. The smallest absolute Gasteiger partial charge is 0.318 e. The van der Waals surface area contributed by atoms with E-state index in [0.717, 1.165) is 12.4 Å². The van der Waals surface area contributed by atoms with Crippen LogP contribution < -0.4 is 5.32 Å². The molecule has 0 aliphatic rings. The van der Waals surface area contributed by atoms with E-state index >= 15 is 0 Å². The van der Waals surface area contributed by atoms with Crippen molar-refractivity contribution < 1.29 is 18.0 Å². The summed E-state index contributed by atoms with van der Waals surface area (Å²) in [4.78, 5) is 15.5. The van der Waals surface area contributed by atoms with Crippen LogP contribution in [0.2, 0.25) is 0 Å². The van der Waals surface area contributed by atoms with E-state index in [0.29, 0.717) is 4.68 Å². The van der Waals surface area contributed by atoms with Crippen molar-refractivity contribution >= 4 is 11.6 Å². The van der Waals surface area contributed by atoms with E-state index in [-0.39, 0.29) is 11.4 Å². The van der Waals surface area contributed by atoms with Crippen molar-refractivity contribution in [3.05, 3.63) is 42.5 Å². The summed E-state index contributed by atoms with van der Waals surface area (Å²) in [6, 6.07) is 4.78. The number of aromatic nitrogens is 3. The second-order valence-electron chi connectivity index (χ2n) is 3.71. The molecule has 0 saturated carbocycles. The van der Waals surface area contributed by atoms with E-state index < -0.39 is 18.6 Å². The van der Waals surface area contributed by atoms with Gasteiger partial charge in [0.25, 0.3) is 5.91 Å². The number of hydrogen-bond acceptors (Lipinski definition) is 3. The monoisotopic (exact) mass is 270 g/mol. The number of rotatable bonds is 3. The molecule has 0 spiro atoms. The number of carbonyl (C=O) groups is 1. The van der Waals surface area contributed by atoms with Crippen molar-refractivity contribution in [2.75, 3.05) is 5.32 Å². The standard InChI is InChI=1S/C11H9F3N4O/c12-11(13,14)7-18-6-8(5-16-18)17-10(19)9-3-1-2-4-15-9/h1-6H,7H2,(H,17,19). The zero-order chi connectivity index (χ0) is 13.9. The molecule has 2 rings (SSSR count). The summed E-state index contributed by atoms with van der Waals surface area (Å²) in [5.74, 6) is -0.507. The molecule has 0 aliphatic carbocycles. The Morgan fingerprint density at radius 2 is 2.16 bits per heavy atom. The Kier molecular flexibility index (Phi) is 3.50. The van der Waals surface area contributed by atoms with E-state index in [4.69, 9.17) is 0 Å². The highest BCUT2D eigenvalue weighted by molar-refractivity contribution is 6.02. The van der Waals surface area contributed by atoms with Crippen LogP contribution in [0.25, 0.3) is 0 Å². The first-order valence-electron chi connectivity index (χ1n) is 5.26. The largest absolute Gasteiger partial charge is 0.408 e. The summed E-state index contributed by atoms with van der Waals surface area (Å²) < 4.78 is 37.1. The average molecular weight is 270 g/mol. The quantitative estimate of drug-likeness (QED) is 0.929. The first-order valence-corrected chi connectivity index (χ1v) is 5.26. The van der Waals surface area contributed by atoms with Crippen LogP contribution in [0.3, 0.4) is 0 Å². The summed E-state index contributed by atoms with van der Waals surface area (Å²) in [6.45, 7) is -1.20. The predicted molar refractivity (Wildman–Crippen MR) is 60.5 cm³/mol. The molecule has 0 fully saturated rings. The third-order valence-corrected chi connectivity index (χ3v) is 2.13. The van der Waals surface area contributed by atoms with Gasteiger partial charge < -0.3 is 5.32 Å². The first kappa shape index (κ1) is 13.1. The molecule has 5 nitrogen and oxygen atoms in total. The second-order valence-corrected chi connectivity index (χ2v) is 3.71. The highest BCUT2D eigenvalue weighted by Gasteiger charge is 2.28. The fourth-order valence-corrected chi connectivity index (χ4v) is 1.39. The molecule has 2 aromatic heterocycles. The van der Waals surface area contributed by atoms with Crippen LogP contribution in [-0.2, 0) is 6.54 Å². The number of hydrogen-bond donors (Lipinski definition) is 1. The average Bonchev–Trinajstić information content (AvgIpc) is 2.75. The van der Waals surface area contributed by atoms with Gasteiger partial charge in [-0.05, 0) is 12.1 Å². The lowest BCUT2D eigenvalue weighted by Crippen LogP contribution is -2.18. The van der Waals surface area contributed by atoms with Gasteiger partial charge in [0.05, 0.1) is 11.9 Å². The van der Waals surface area contributed by atoms with Crippen LogP contribution in [0, 0.1) is 0 Å². The van der Waals surface area contributed by atoms with Crippen molar-refractivity contribution in [2.45, 2.75) is 12.7 Å². The minimum absolute atomic E-state index is 0.172. The second kappa shape index (κ2) is 5.09. The number of halogens is 3. The molecule has 0 bridgehead atoms. The van der Waals surface area contributed by atoms with Gasteiger partial charge in [0.2, 0.25) is 0 Å². The minimum atomic E-state index is -4.35. The van der Waals surface area contributed by atoms with Crippen LogP contribution >= 0.6 is 0 Å². The van der Waals surface area contributed by atoms with Crippen LogP contribution in [0.15, 0.2) is 36.8 Å². The lowest BCUT2D eigenvalue weighted by atomic mass is 10.3. The topological polar surface area (TPSA) is 59.8 Å². The summed E-state index contributed by atoms with van der Waals surface area (Å²) in [5, 5.41) is 5.92. The molecule has 8 heteroatoms. The van der Waals surface area contributed by atoms with Gasteiger partial charge in [0, 0.05) is 12.4 Å². The zero-order valence-corrected chi connectivity index (χ0v) is 9.55. The summed E-state index contributed by atoms with van der Waals surface area (Å²) in [7, 11) is 0. The Hall–Kier alpha value is -2.38. The minimum Gasteiger partial charge on any atom is -0.318 e. The Balaban J connectivity index is 2.03. The molecule has 1 N–H and O–H groups in total. The number of pyridine rings is 1. The van der Waals surface area contributed by atoms with E-state index in [1.165, 1.54) is 12.3 Å². The van der Waals surface area contributed by atoms with E-state index in [2.05, 4.69) is 15.4 Å². The number of amides is 1. The third-order valence-electron chi connectivity index (χ3n) is 2.13. The molecule has 2 heterocycles. The van der Waals surface area contributed by atoms with E-state index in [1.54, 1.807) is 12.1 Å². The van der Waals surface area contributed by atoms with Gasteiger partial charge in [-0.25, -0.2) is 0 Å². The van der Waals surface area contributed by atoms with Gasteiger partial charge in [-0.3, -0.25) is 14.5 Å². The molecule has 0 aromatic carbocycles. The Labute approximate surface area is 106 Å². The van der Waals surface area contributed by atoms with Crippen molar-refractivity contribution in [1.82, 2.24) is 14.8 Å². The van der Waals surface area contributed by atoms with Crippen molar-refractivity contribution in [2.24, 2.45) is 0 Å². The van der Waals surface area contributed by atoms with Gasteiger partial charge in [0.15, 0.2) is 0 Å². The lowest BCUT2D eigenvalue weighted by molar-refractivity contribution is -0.142. The van der Waals surface area contributed by atoms with Crippen LogP contribution in [0.1, 0.15) is 10.5 Å². The molecule has 0 radical (unpaired) electrons. The van der Waals surface area contributed by atoms with Crippen molar-refractivity contribution in [1.29, 1.82) is 0 Å². The van der Waals surface area contributed by atoms with E-state index in [9.17, 15) is 18.0 Å². The van der Waals surface area contributed by atoms with Gasteiger partial charge >= 0.3 is 6.18 Å². The fourth-order valence-electron chi connectivity index (χ4n) is 1.39.